The number of likely N-dealkylation sites (N-methyl/N-ethyl adjacent to an activating group) is 2. The molecule has 0 aromatic carbocycles. The van der Waals surface area contributed by atoms with Gasteiger partial charge in [-0.25, -0.2) is 0 Å². The smallest absolute Gasteiger partial charge is 0.307 e. The average Bonchev–Trinajstić information content (AvgIpc) is 2.81. The Morgan fingerprint density at radius 3 is 2.63 bits per heavy atom. The topological polar surface area (TPSA) is 60.9 Å². The lowest BCUT2D eigenvalue weighted by Gasteiger charge is -2.22. The van der Waals surface area contributed by atoms with Gasteiger partial charge in [0.1, 0.15) is 0 Å². The molecule has 0 aliphatic heterocycles. The summed E-state index contributed by atoms with van der Waals surface area (Å²) in [5.74, 6) is -1.32. The SMILES string of the molecule is CC(CN(C)CC(=O)N(C)Cc1ccsc1)C(=O)O. The molecule has 1 unspecified atom stereocenters. The van der Waals surface area contributed by atoms with Gasteiger partial charge in [-0.3, -0.25) is 14.5 Å². The van der Waals surface area contributed by atoms with Crippen molar-refractivity contribution in [2.45, 2.75) is 13.5 Å². The molecule has 1 heterocycles. The Balaban J connectivity index is 2.39. The second-order valence-corrected chi connectivity index (χ2v) is 5.60. The van der Waals surface area contributed by atoms with E-state index in [2.05, 4.69) is 0 Å². The molecule has 6 heteroatoms. The zero-order chi connectivity index (χ0) is 14.4. The number of carbonyl (C=O) groups is 2. The summed E-state index contributed by atoms with van der Waals surface area (Å²) in [6, 6.07) is 1.99. The number of carbonyl (C=O) groups excluding carboxylic acids is 1. The molecule has 1 aromatic heterocycles. The number of carboxylic acid groups (broad SMARTS) is 1. The van der Waals surface area contributed by atoms with Crippen LogP contribution in [0.15, 0.2) is 16.8 Å². The molecule has 1 amide bonds. The van der Waals surface area contributed by atoms with Gasteiger partial charge in [-0.15, -0.1) is 0 Å². The van der Waals surface area contributed by atoms with E-state index in [1.807, 2.05) is 16.8 Å². The molecular formula is C13H20N2O3S. The minimum atomic E-state index is -0.842. The van der Waals surface area contributed by atoms with E-state index in [-0.39, 0.29) is 12.5 Å². The molecule has 1 aromatic rings. The van der Waals surface area contributed by atoms with E-state index in [4.69, 9.17) is 5.11 Å². The molecule has 0 saturated heterocycles. The van der Waals surface area contributed by atoms with E-state index in [0.29, 0.717) is 13.1 Å². The molecule has 0 aliphatic rings. The standard InChI is InChI=1S/C13H20N2O3S/c1-10(13(17)18)6-14(2)8-12(16)15(3)7-11-4-5-19-9-11/h4-5,9-10H,6-8H2,1-3H3,(H,17,18). The number of thiophene rings is 1. The van der Waals surface area contributed by atoms with E-state index < -0.39 is 11.9 Å². The Bertz CT molecular complexity index is 420. The molecule has 0 bridgehead atoms. The largest absolute Gasteiger partial charge is 0.481 e. The van der Waals surface area contributed by atoms with Crippen molar-refractivity contribution in [2.75, 3.05) is 27.2 Å². The van der Waals surface area contributed by atoms with Crippen LogP contribution in [0.2, 0.25) is 0 Å². The minimum Gasteiger partial charge on any atom is -0.481 e. The predicted molar refractivity (Wildman–Crippen MR) is 75.1 cm³/mol. The third-order valence-electron chi connectivity index (χ3n) is 2.84. The number of nitrogens with zero attached hydrogens (tertiary/aromatic N) is 2. The van der Waals surface area contributed by atoms with Crippen LogP contribution in [0.25, 0.3) is 0 Å². The molecule has 1 N–H and O–H groups in total. The first kappa shape index (κ1) is 15.7. The lowest BCUT2D eigenvalue weighted by atomic mass is 10.2. The van der Waals surface area contributed by atoms with Gasteiger partial charge in [-0.05, 0) is 29.4 Å². The zero-order valence-corrected chi connectivity index (χ0v) is 12.3. The van der Waals surface area contributed by atoms with E-state index in [9.17, 15) is 9.59 Å². The second kappa shape index (κ2) is 7.25. The Hall–Kier alpha value is -1.40. The molecule has 19 heavy (non-hydrogen) atoms. The van der Waals surface area contributed by atoms with Gasteiger partial charge in [0.15, 0.2) is 0 Å². The van der Waals surface area contributed by atoms with Crippen LogP contribution in [0.1, 0.15) is 12.5 Å². The summed E-state index contributed by atoms with van der Waals surface area (Å²) in [4.78, 5) is 26.1. The minimum absolute atomic E-state index is 0.00807. The van der Waals surface area contributed by atoms with Crippen molar-refractivity contribution < 1.29 is 14.7 Å². The van der Waals surface area contributed by atoms with Crippen molar-refractivity contribution in [3.05, 3.63) is 22.4 Å². The van der Waals surface area contributed by atoms with Crippen molar-refractivity contribution in [3.63, 3.8) is 0 Å². The first-order valence-corrected chi connectivity index (χ1v) is 7.00. The summed E-state index contributed by atoms with van der Waals surface area (Å²) in [5, 5.41) is 12.8. The van der Waals surface area contributed by atoms with E-state index in [1.165, 1.54) is 0 Å². The highest BCUT2D eigenvalue weighted by atomic mass is 32.1. The summed E-state index contributed by atoms with van der Waals surface area (Å²) in [7, 11) is 3.52. The Morgan fingerprint density at radius 1 is 1.42 bits per heavy atom. The fourth-order valence-electron chi connectivity index (χ4n) is 1.71. The van der Waals surface area contributed by atoms with Gasteiger partial charge in [-0.1, -0.05) is 6.92 Å². The van der Waals surface area contributed by atoms with E-state index in [0.717, 1.165) is 5.56 Å². The number of aliphatic carboxylic acids is 1. The van der Waals surface area contributed by atoms with Crippen molar-refractivity contribution in [3.8, 4) is 0 Å². The number of hydrogen-bond donors (Lipinski definition) is 1. The van der Waals surface area contributed by atoms with Gasteiger partial charge in [0.2, 0.25) is 5.91 Å². The lowest BCUT2D eigenvalue weighted by molar-refractivity contribution is -0.142. The van der Waals surface area contributed by atoms with Crippen molar-refractivity contribution in [1.29, 1.82) is 0 Å². The predicted octanol–water partition coefficient (Wildman–Crippen LogP) is 1.36. The Kier molecular flexibility index (Phi) is 5.98. The molecule has 0 fully saturated rings. The van der Waals surface area contributed by atoms with Crippen LogP contribution in [-0.4, -0.2) is 54.0 Å². The lowest BCUT2D eigenvalue weighted by Crippen LogP contribution is -2.38. The summed E-state index contributed by atoms with van der Waals surface area (Å²) >= 11 is 1.61. The highest BCUT2D eigenvalue weighted by molar-refractivity contribution is 7.07. The third kappa shape index (κ3) is 5.40. The van der Waals surface area contributed by atoms with Crippen molar-refractivity contribution >= 4 is 23.2 Å². The van der Waals surface area contributed by atoms with Crippen LogP contribution in [0, 0.1) is 5.92 Å². The molecule has 1 rings (SSSR count). The molecule has 0 spiro atoms. The maximum Gasteiger partial charge on any atom is 0.307 e. The van der Waals surface area contributed by atoms with Crippen molar-refractivity contribution in [1.82, 2.24) is 9.80 Å². The molecular weight excluding hydrogens is 264 g/mol. The summed E-state index contributed by atoms with van der Waals surface area (Å²) < 4.78 is 0. The Morgan fingerprint density at radius 2 is 2.11 bits per heavy atom. The molecule has 5 nitrogen and oxygen atoms in total. The fourth-order valence-corrected chi connectivity index (χ4v) is 2.37. The van der Waals surface area contributed by atoms with Crippen LogP contribution in [0.4, 0.5) is 0 Å². The van der Waals surface area contributed by atoms with E-state index in [1.54, 1.807) is 42.2 Å². The van der Waals surface area contributed by atoms with Crippen LogP contribution in [0.5, 0.6) is 0 Å². The van der Waals surface area contributed by atoms with Crippen LogP contribution < -0.4 is 0 Å². The number of amides is 1. The highest BCUT2D eigenvalue weighted by Gasteiger charge is 2.17. The van der Waals surface area contributed by atoms with Gasteiger partial charge in [0.25, 0.3) is 0 Å². The second-order valence-electron chi connectivity index (χ2n) is 4.82. The van der Waals surface area contributed by atoms with Gasteiger partial charge in [0, 0.05) is 20.1 Å². The first-order valence-electron chi connectivity index (χ1n) is 6.06. The molecule has 0 radical (unpaired) electrons. The van der Waals surface area contributed by atoms with Gasteiger partial charge >= 0.3 is 5.97 Å². The van der Waals surface area contributed by atoms with Crippen molar-refractivity contribution in [2.24, 2.45) is 5.92 Å². The van der Waals surface area contributed by atoms with E-state index >= 15 is 0 Å². The maximum absolute atomic E-state index is 12.0. The van der Waals surface area contributed by atoms with Gasteiger partial charge in [0.05, 0.1) is 12.5 Å². The number of hydrogen-bond acceptors (Lipinski definition) is 4. The molecule has 106 valence electrons. The normalized spacial score (nSPS) is 12.4. The van der Waals surface area contributed by atoms with Gasteiger partial charge in [-0.2, -0.15) is 11.3 Å². The first-order chi connectivity index (χ1) is 8.90. The molecule has 0 aliphatic carbocycles. The molecule has 0 saturated carbocycles. The van der Waals surface area contributed by atoms with Gasteiger partial charge < -0.3 is 10.0 Å². The molecule has 1 atom stereocenters. The maximum atomic E-state index is 12.0. The Labute approximate surface area is 117 Å². The monoisotopic (exact) mass is 284 g/mol. The zero-order valence-electron chi connectivity index (χ0n) is 11.5. The van der Waals surface area contributed by atoms with Crippen LogP contribution >= 0.6 is 11.3 Å². The van der Waals surface area contributed by atoms with Crippen LogP contribution in [-0.2, 0) is 16.1 Å². The quantitative estimate of drug-likeness (QED) is 0.821. The van der Waals surface area contributed by atoms with Crippen LogP contribution in [0.3, 0.4) is 0 Å². The fraction of sp³-hybridized carbons (Fsp3) is 0.538. The summed E-state index contributed by atoms with van der Waals surface area (Å²) in [6.07, 6.45) is 0. The average molecular weight is 284 g/mol. The number of rotatable bonds is 7. The summed E-state index contributed by atoms with van der Waals surface area (Å²) in [5.41, 5.74) is 1.11. The highest BCUT2D eigenvalue weighted by Crippen LogP contribution is 2.08. The third-order valence-corrected chi connectivity index (χ3v) is 3.57. The summed E-state index contributed by atoms with van der Waals surface area (Å²) in [6.45, 7) is 2.83. The number of carboxylic acids is 1.